The van der Waals surface area contributed by atoms with E-state index in [1.165, 1.54) is 31.2 Å². The van der Waals surface area contributed by atoms with Gasteiger partial charge in [-0.25, -0.2) is 0 Å². The molecule has 0 bridgehead atoms. The van der Waals surface area contributed by atoms with E-state index in [0.717, 1.165) is 31.6 Å². The molecule has 1 atom stereocenters. The predicted molar refractivity (Wildman–Crippen MR) is 95.7 cm³/mol. The van der Waals surface area contributed by atoms with Crippen LogP contribution in [0.25, 0.3) is 0 Å². The molecule has 1 heterocycles. The first kappa shape index (κ1) is 16.3. The third-order valence-electron chi connectivity index (χ3n) is 5.00. The summed E-state index contributed by atoms with van der Waals surface area (Å²) in [4.78, 5) is 14.5. The molecule has 1 N–H and O–H groups in total. The fourth-order valence-electron chi connectivity index (χ4n) is 3.77. The van der Waals surface area contributed by atoms with Crippen LogP contribution in [-0.4, -0.2) is 25.0 Å². The molecular formula is C20H28N2O. The second kappa shape index (κ2) is 7.78. The minimum absolute atomic E-state index is 0.242. The average molecular weight is 312 g/mol. The quantitative estimate of drug-likeness (QED) is 0.639. The van der Waals surface area contributed by atoms with Gasteiger partial charge in [0.2, 0.25) is 5.91 Å². The van der Waals surface area contributed by atoms with E-state index in [-0.39, 0.29) is 11.9 Å². The topological polar surface area (TPSA) is 32.3 Å². The highest BCUT2D eigenvalue weighted by Gasteiger charge is 2.29. The number of fused-ring (bicyclic) bond motifs is 1. The van der Waals surface area contributed by atoms with E-state index in [4.69, 9.17) is 0 Å². The highest BCUT2D eigenvalue weighted by Crippen LogP contribution is 2.32. The van der Waals surface area contributed by atoms with Gasteiger partial charge >= 0.3 is 0 Å². The maximum atomic E-state index is 12.6. The van der Waals surface area contributed by atoms with Crippen LogP contribution < -0.4 is 10.2 Å². The Kier molecular flexibility index (Phi) is 5.50. The summed E-state index contributed by atoms with van der Waals surface area (Å²) in [6, 6.07) is 8.57. The van der Waals surface area contributed by atoms with Gasteiger partial charge in [-0.2, -0.15) is 0 Å². The third kappa shape index (κ3) is 4.03. The molecule has 0 saturated heterocycles. The van der Waals surface area contributed by atoms with E-state index in [1.54, 1.807) is 5.57 Å². The zero-order valence-corrected chi connectivity index (χ0v) is 14.2. The summed E-state index contributed by atoms with van der Waals surface area (Å²) < 4.78 is 0. The molecule has 0 radical (unpaired) electrons. The molecule has 0 fully saturated rings. The van der Waals surface area contributed by atoms with Crippen molar-refractivity contribution in [3.8, 4) is 0 Å². The number of para-hydroxylation sites is 1. The molecule has 1 aliphatic carbocycles. The van der Waals surface area contributed by atoms with Crippen LogP contribution in [0, 0.1) is 0 Å². The number of carbonyl (C=O) groups is 1. The van der Waals surface area contributed by atoms with Crippen LogP contribution in [-0.2, 0) is 11.2 Å². The standard InChI is InChI=1S/C20H28N2O/c1-16-15-18-9-5-6-10-19(18)22(16)20(23)12-14-21-13-11-17-7-3-2-4-8-17/h5-7,9-10,16,21H,2-4,8,11-15H2,1H3. The van der Waals surface area contributed by atoms with Gasteiger partial charge in [-0.3, -0.25) is 4.79 Å². The van der Waals surface area contributed by atoms with Crippen molar-refractivity contribution in [2.24, 2.45) is 0 Å². The van der Waals surface area contributed by atoms with Gasteiger partial charge in [0.15, 0.2) is 0 Å². The van der Waals surface area contributed by atoms with Crippen LogP contribution in [0.2, 0.25) is 0 Å². The number of allylic oxidation sites excluding steroid dienone is 1. The van der Waals surface area contributed by atoms with Crippen LogP contribution in [0.1, 0.15) is 51.0 Å². The number of hydrogen-bond donors (Lipinski definition) is 1. The Hall–Kier alpha value is -1.61. The number of nitrogens with one attached hydrogen (secondary N) is 1. The van der Waals surface area contributed by atoms with Gasteiger partial charge in [0, 0.05) is 24.7 Å². The van der Waals surface area contributed by atoms with E-state index < -0.39 is 0 Å². The Bertz CT molecular complexity index is 579. The van der Waals surface area contributed by atoms with Crippen LogP contribution in [0.5, 0.6) is 0 Å². The van der Waals surface area contributed by atoms with E-state index in [2.05, 4.69) is 36.5 Å². The first-order valence-electron chi connectivity index (χ1n) is 9.04. The fourth-order valence-corrected chi connectivity index (χ4v) is 3.77. The first-order valence-corrected chi connectivity index (χ1v) is 9.04. The molecule has 0 aromatic heterocycles. The molecule has 1 amide bonds. The van der Waals surface area contributed by atoms with E-state index >= 15 is 0 Å². The number of benzene rings is 1. The predicted octanol–water partition coefficient (Wildman–Crippen LogP) is 3.83. The highest BCUT2D eigenvalue weighted by molar-refractivity contribution is 5.96. The zero-order valence-electron chi connectivity index (χ0n) is 14.2. The molecule has 3 nitrogen and oxygen atoms in total. The molecular weight excluding hydrogens is 284 g/mol. The van der Waals surface area contributed by atoms with E-state index in [0.29, 0.717) is 6.42 Å². The minimum Gasteiger partial charge on any atom is -0.316 e. The molecule has 1 aliphatic heterocycles. The summed E-state index contributed by atoms with van der Waals surface area (Å²) >= 11 is 0. The van der Waals surface area contributed by atoms with Crippen molar-refractivity contribution in [3.63, 3.8) is 0 Å². The van der Waals surface area contributed by atoms with Gasteiger partial charge < -0.3 is 10.2 Å². The van der Waals surface area contributed by atoms with Crippen LogP contribution >= 0.6 is 0 Å². The summed E-state index contributed by atoms with van der Waals surface area (Å²) in [5.41, 5.74) is 4.00. The lowest BCUT2D eigenvalue weighted by Gasteiger charge is -2.23. The van der Waals surface area contributed by atoms with E-state index in [1.807, 2.05) is 11.0 Å². The molecule has 0 spiro atoms. The lowest BCUT2D eigenvalue weighted by molar-refractivity contribution is -0.118. The van der Waals surface area contributed by atoms with Gasteiger partial charge in [0.05, 0.1) is 0 Å². The Labute approximate surface area is 139 Å². The number of rotatable bonds is 6. The van der Waals surface area contributed by atoms with E-state index in [9.17, 15) is 4.79 Å². The number of amides is 1. The monoisotopic (exact) mass is 312 g/mol. The maximum Gasteiger partial charge on any atom is 0.228 e. The highest BCUT2D eigenvalue weighted by atomic mass is 16.2. The number of hydrogen-bond acceptors (Lipinski definition) is 2. The summed E-state index contributed by atoms with van der Waals surface area (Å²) in [6.45, 7) is 3.91. The lowest BCUT2D eigenvalue weighted by atomic mass is 9.97. The second-order valence-electron chi connectivity index (χ2n) is 6.80. The Morgan fingerprint density at radius 3 is 2.96 bits per heavy atom. The fraction of sp³-hybridized carbons (Fsp3) is 0.550. The van der Waals surface area contributed by atoms with Gasteiger partial charge in [0.25, 0.3) is 0 Å². The molecule has 0 saturated carbocycles. The van der Waals surface area contributed by atoms with Crippen molar-refractivity contribution in [3.05, 3.63) is 41.5 Å². The normalized spacial score (nSPS) is 20.3. The Morgan fingerprint density at radius 2 is 2.13 bits per heavy atom. The van der Waals surface area contributed by atoms with Crippen molar-refractivity contribution in [1.82, 2.24) is 5.32 Å². The van der Waals surface area contributed by atoms with Gasteiger partial charge in [-0.15, -0.1) is 0 Å². The molecule has 3 heteroatoms. The van der Waals surface area contributed by atoms with Crippen molar-refractivity contribution in [2.75, 3.05) is 18.0 Å². The first-order chi connectivity index (χ1) is 11.3. The second-order valence-corrected chi connectivity index (χ2v) is 6.80. The molecule has 1 aromatic rings. The van der Waals surface area contributed by atoms with Crippen LogP contribution in [0.3, 0.4) is 0 Å². The van der Waals surface area contributed by atoms with Crippen molar-refractivity contribution < 1.29 is 4.79 Å². The minimum atomic E-state index is 0.242. The van der Waals surface area contributed by atoms with Gasteiger partial charge in [-0.1, -0.05) is 29.8 Å². The lowest BCUT2D eigenvalue weighted by Crippen LogP contribution is -2.37. The van der Waals surface area contributed by atoms with Crippen molar-refractivity contribution >= 4 is 11.6 Å². The number of carbonyl (C=O) groups excluding carboxylic acids is 1. The van der Waals surface area contributed by atoms with Crippen molar-refractivity contribution in [2.45, 2.75) is 57.9 Å². The summed E-state index contributed by atoms with van der Waals surface area (Å²) in [5.74, 6) is 0.242. The summed E-state index contributed by atoms with van der Waals surface area (Å²) in [5, 5.41) is 3.44. The number of anilines is 1. The Balaban J connectivity index is 1.42. The zero-order chi connectivity index (χ0) is 16.1. The molecule has 1 unspecified atom stereocenters. The third-order valence-corrected chi connectivity index (χ3v) is 5.00. The molecule has 23 heavy (non-hydrogen) atoms. The molecule has 124 valence electrons. The largest absolute Gasteiger partial charge is 0.316 e. The van der Waals surface area contributed by atoms with Gasteiger partial charge in [0.1, 0.15) is 0 Å². The van der Waals surface area contributed by atoms with Gasteiger partial charge in [-0.05, 0) is 63.6 Å². The van der Waals surface area contributed by atoms with Crippen LogP contribution in [0.15, 0.2) is 35.9 Å². The van der Waals surface area contributed by atoms with Crippen molar-refractivity contribution in [1.29, 1.82) is 0 Å². The van der Waals surface area contributed by atoms with Crippen LogP contribution in [0.4, 0.5) is 5.69 Å². The Morgan fingerprint density at radius 1 is 1.26 bits per heavy atom. The smallest absolute Gasteiger partial charge is 0.228 e. The SMILES string of the molecule is CC1Cc2ccccc2N1C(=O)CCNCCC1=CCCCC1. The average Bonchev–Trinajstić information content (AvgIpc) is 2.91. The summed E-state index contributed by atoms with van der Waals surface area (Å²) in [7, 11) is 0. The molecule has 2 aliphatic rings. The summed E-state index contributed by atoms with van der Waals surface area (Å²) in [6.07, 6.45) is 10.3. The molecule has 3 rings (SSSR count). The number of nitrogens with zero attached hydrogens (tertiary/aromatic N) is 1. The maximum absolute atomic E-state index is 12.6. The molecule has 1 aromatic carbocycles.